The first-order chi connectivity index (χ1) is 7.86. The molecule has 1 aromatic carbocycles. The zero-order valence-corrected chi connectivity index (χ0v) is 10.3. The van der Waals surface area contributed by atoms with Crippen LogP contribution < -0.4 is 10.0 Å². The van der Waals surface area contributed by atoms with Crippen molar-refractivity contribution in [3.05, 3.63) is 29.8 Å². The van der Waals surface area contributed by atoms with E-state index in [2.05, 4.69) is 10.0 Å². The molecule has 1 unspecified atom stereocenters. The third kappa shape index (κ3) is 3.64. The molecule has 0 aromatic heterocycles. The number of nitrogens with one attached hydrogen (secondary N) is 2. The minimum absolute atomic E-state index is 0.234. The van der Waals surface area contributed by atoms with Crippen LogP contribution in [0.2, 0.25) is 0 Å². The summed E-state index contributed by atoms with van der Waals surface area (Å²) in [6.07, 6.45) is 0. The molecule has 1 atom stereocenters. The van der Waals surface area contributed by atoms with Gasteiger partial charge in [0, 0.05) is 12.6 Å². The molecule has 0 saturated carbocycles. The lowest BCUT2D eigenvalue weighted by molar-refractivity contribution is 0.576. The topological polar surface area (TPSA) is 58.2 Å². The minimum Gasteiger partial charge on any atom is -0.318 e. The van der Waals surface area contributed by atoms with E-state index < -0.39 is 26.9 Å². The van der Waals surface area contributed by atoms with Crippen molar-refractivity contribution >= 4 is 15.7 Å². The van der Waals surface area contributed by atoms with Crippen LogP contribution in [0.25, 0.3) is 0 Å². The zero-order chi connectivity index (χ0) is 13.1. The molecule has 0 saturated heterocycles. The molecule has 1 rings (SSSR count). The molecule has 0 aliphatic rings. The quantitative estimate of drug-likeness (QED) is 0.843. The van der Waals surface area contributed by atoms with Gasteiger partial charge in [0.15, 0.2) is 0 Å². The lowest BCUT2D eigenvalue weighted by Crippen LogP contribution is -2.33. The molecule has 96 valence electrons. The van der Waals surface area contributed by atoms with E-state index >= 15 is 0 Å². The Morgan fingerprint density at radius 2 is 2.00 bits per heavy atom. The SMILES string of the molecule is CNCC(C)S(=O)(=O)Nc1ccc(F)cc1F. The second-order valence-electron chi connectivity index (χ2n) is 3.64. The third-order valence-electron chi connectivity index (χ3n) is 2.20. The van der Waals surface area contributed by atoms with Gasteiger partial charge in [-0.15, -0.1) is 0 Å². The smallest absolute Gasteiger partial charge is 0.236 e. The molecule has 0 spiro atoms. The van der Waals surface area contributed by atoms with E-state index in [4.69, 9.17) is 0 Å². The Morgan fingerprint density at radius 3 is 2.53 bits per heavy atom. The first-order valence-corrected chi connectivity index (χ1v) is 6.52. The highest BCUT2D eigenvalue weighted by Gasteiger charge is 2.21. The van der Waals surface area contributed by atoms with Crippen molar-refractivity contribution in [3.8, 4) is 0 Å². The molecular weight excluding hydrogens is 250 g/mol. The van der Waals surface area contributed by atoms with Gasteiger partial charge >= 0.3 is 0 Å². The molecule has 2 N–H and O–H groups in total. The van der Waals surface area contributed by atoms with Gasteiger partial charge in [-0.1, -0.05) is 0 Å². The maximum Gasteiger partial charge on any atom is 0.236 e. The maximum atomic E-state index is 13.2. The predicted octanol–water partition coefficient (Wildman–Crippen LogP) is 1.31. The molecule has 7 heteroatoms. The van der Waals surface area contributed by atoms with E-state index in [1.54, 1.807) is 7.05 Å². The Bertz CT molecular complexity index is 491. The van der Waals surface area contributed by atoms with Crippen LogP contribution in [0.3, 0.4) is 0 Å². The monoisotopic (exact) mass is 264 g/mol. The van der Waals surface area contributed by atoms with Crippen molar-refractivity contribution < 1.29 is 17.2 Å². The largest absolute Gasteiger partial charge is 0.318 e. The second-order valence-corrected chi connectivity index (χ2v) is 5.74. The summed E-state index contributed by atoms with van der Waals surface area (Å²) in [5.74, 6) is -1.70. The number of sulfonamides is 1. The summed E-state index contributed by atoms with van der Waals surface area (Å²) in [6.45, 7) is 1.72. The average Bonchev–Trinajstić information content (AvgIpc) is 2.22. The van der Waals surface area contributed by atoms with Crippen molar-refractivity contribution in [2.75, 3.05) is 18.3 Å². The van der Waals surface area contributed by atoms with E-state index in [1.165, 1.54) is 6.92 Å². The average molecular weight is 264 g/mol. The van der Waals surface area contributed by atoms with Gasteiger partial charge < -0.3 is 5.32 Å². The molecular formula is C10H14F2N2O2S. The lowest BCUT2D eigenvalue weighted by Gasteiger charge is -2.14. The molecule has 0 amide bonds. The standard InChI is InChI=1S/C10H14F2N2O2S/c1-7(6-13-2)17(15,16)14-10-4-3-8(11)5-9(10)12/h3-5,7,13-14H,6H2,1-2H3. The number of hydrogen-bond donors (Lipinski definition) is 2. The molecule has 17 heavy (non-hydrogen) atoms. The van der Waals surface area contributed by atoms with Crippen molar-refractivity contribution in [2.45, 2.75) is 12.2 Å². The summed E-state index contributed by atoms with van der Waals surface area (Å²) in [5.41, 5.74) is -0.255. The van der Waals surface area contributed by atoms with E-state index in [0.717, 1.165) is 12.1 Å². The van der Waals surface area contributed by atoms with E-state index in [1.807, 2.05) is 0 Å². The fraction of sp³-hybridized carbons (Fsp3) is 0.400. The van der Waals surface area contributed by atoms with Crippen LogP contribution in [0.4, 0.5) is 14.5 Å². The molecule has 0 fully saturated rings. The van der Waals surface area contributed by atoms with Gasteiger partial charge in [0.2, 0.25) is 10.0 Å². The number of rotatable bonds is 5. The van der Waals surface area contributed by atoms with Crippen LogP contribution in [0, 0.1) is 11.6 Å². The van der Waals surface area contributed by atoms with Crippen LogP contribution in [-0.2, 0) is 10.0 Å². The van der Waals surface area contributed by atoms with Gasteiger partial charge in [-0.2, -0.15) is 0 Å². The number of halogens is 2. The summed E-state index contributed by atoms with van der Waals surface area (Å²) < 4.78 is 51.4. The highest BCUT2D eigenvalue weighted by molar-refractivity contribution is 7.93. The van der Waals surface area contributed by atoms with Crippen molar-refractivity contribution in [1.29, 1.82) is 0 Å². The number of hydrogen-bond acceptors (Lipinski definition) is 3. The normalized spacial score (nSPS) is 13.4. The van der Waals surface area contributed by atoms with Crippen molar-refractivity contribution in [2.24, 2.45) is 0 Å². The molecule has 0 radical (unpaired) electrons. The molecule has 1 aromatic rings. The van der Waals surface area contributed by atoms with Gasteiger partial charge in [0.05, 0.1) is 10.9 Å². The Balaban J connectivity index is 2.90. The zero-order valence-electron chi connectivity index (χ0n) is 9.50. The Hall–Kier alpha value is -1.21. The van der Waals surface area contributed by atoms with Gasteiger partial charge in [-0.05, 0) is 26.1 Å². The third-order valence-corrected chi connectivity index (χ3v) is 3.94. The van der Waals surface area contributed by atoms with Gasteiger partial charge in [-0.3, -0.25) is 4.72 Å². The van der Waals surface area contributed by atoms with Crippen LogP contribution >= 0.6 is 0 Å². The van der Waals surface area contributed by atoms with Crippen molar-refractivity contribution in [1.82, 2.24) is 5.32 Å². The van der Waals surface area contributed by atoms with Gasteiger partial charge in [0.25, 0.3) is 0 Å². The van der Waals surface area contributed by atoms with Gasteiger partial charge in [-0.25, -0.2) is 17.2 Å². The number of anilines is 1. The summed E-state index contributed by atoms with van der Waals surface area (Å²) in [6, 6.07) is 2.67. The highest BCUT2D eigenvalue weighted by Crippen LogP contribution is 2.17. The summed E-state index contributed by atoms with van der Waals surface area (Å²) >= 11 is 0. The highest BCUT2D eigenvalue weighted by atomic mass is 32.2. The molecule has 0 aliphatic heterocycles. The Kier molecular flexibility index (Phi) is 4.41. The van der Waals surface area contributed by atoms with Crippen molar-refractivity contribution in [3.63, 3.8) is 0 Å². The van der Waals surface area contributed by atoms with Crippen LogP contribution in [0.5, 0.6) is 0 Å². The summed E-state index contributed by atoms with van der Waals surface area (Å²) in [5, 5.41) is 1.99. The fourth-order valence-corrected chi connectivity index (χ4v) is 2.28. The second kappa shape index (κ2) is 5.42. The van der Waals surface area contributed by atoms with Crippen LogP contribution in [-0.4, -0.2) is 27.3 Å². The fourth-order valence-electron chi connectivity index (χ4n) is 1.22. The molecule has 4 nitrogen and oxygen atoms in total. The first-order valence-electron chi connectivity index (χ1n) is 4.98. The van der Waals surface area contributed by atoms with Crippen LogP contribution in [0.1, 0.15) is 6.92 Å². The molecule has 0 aliphatic carbocycles. The molecule has 0 bridgehead atoms. The first kappa shape index (κ1) is 13.9. The Morgan fingerprint density at radius 1 is 1.35 bits per heavy atom. The molecule has 0 heterocycles. The van der Waals surface area contributed by atoms with E-state index in [9.17, 15) is 17.2 Å². The van der Waals surface area contributed by atoms with Crippen LogP contribution in [0.15, 0.2) is 18.2 Å². The summed E-state index contributed by atoms with van der Waals surface area (Å²) in [7, 11) is -2.07. The minimum atomic E-state index is -3.69. The van der Waals surface area contributed by atoms with E-state index in [-0.39, 0.29) is 12.2 Å². The maximum absolute atomic E-state index is 13.2. The lowest BCUT2D eigenvalue weighted by atomic mass is 10.3. The number of benzene rings is 1. The predicted molar refractivity (Wildman–Crippen MR) is 62.3 cm³/mol. The summed E-state index contributed by atoms with van der Waals surface area (Å²) in [4.78, 5) is 0. The Labute approximate surface area is 99.1 Å². The van der Waals surface area contributed by atoms with Gasteiger partial charge in [0.1, 0.15) is 11.6 Å². The van der Waals surface area contributed by atoms with E-state index in [0.29, 0.717) is 6.07 Å².